The van der Waals surface area contributed by atoms with Crippen molar-refractivity contribution in [3.05, 3.63) is 54.4 Å². The van der Waals surface area contributed by atoms with Gasteiger partial charge in [-0.15, -0.1) is 0 Å². The van der Waals surface area contributed by atoms with Crippen LogP contribution in [0.5, 0.6) is 5.88 Å². The topological polar surface area (TPSA) is 73.9 Å². The Morgan fingerprint density at radius 2 is 1.85 bits per heavy atom. The number of nitrogen functional groups attached to an aromatic ring is 1. The van der Waals surface area contributed by atoms with Crippen molar-refractivity contribution in [3.63, 3.8) is 0 Å². The van der Waals surface area contributed by atoms with E-state index in [-0.39, 0.29) is 5.95 Å². The molecule has 0 radical (unpaired) electrons. The van der Waals surface area contributed by atoms with Crippen molar-refractivity contribution in [1.82, 2.24) is 15.0 Å². The SMILES string of the molecule is Nc1nc(OCCc2ccccn2)c2ccccc2n1. The van der Waals surface area contributed by atoms with Crippen LogP contribution in [0.3, 0.4) is 0 Å². The van der Waals surface area contributed by atoms with E-state index in [1.165, 1.54) is 0 Å². The fourth-order valence-electron chi connectivity index (χ4n) is 1.97. The van der Waals surface area contributed by atoms with Gasteiger partial charge in [-0.3, -0.25) is 4.98 Å². The van der Waals surface area contributed by atoms with E-state index in [4.69, 9.17) is 10.5 Å². The van der Waals surface area contributed by atoms with Crippen LogP contribution in [0, 0.1) is 0 Å². The second-order valence-corrected chi connectivity index (χ2v) is 4.32. The van der Waals surface area contributed by atoms with Gasteiger partial charge in [0.25, 0.3) is 0 Å². The maximum absolute atomic E-state index is 5.73. The Balaban J connectivity index is 1.77. The smallest absolute Gasteiger partial charge is 0.226 e. The molecule has 3 rings (SSSR count). The molecule has 0 atom stereocenters. The Kier molecular flexibility index (Phi) is 3.41. The van der Waals surface area contributed by atoms with Gasteiger partial charge in [0, 0.05) is 18.3 Å². The summed E-state index contributed by atoms with van der Waals surface area (Å²) >= 11 is 0. The zero-order valence-electron chi connectivity index (χ0n) is 10.9. The third kappa shape index (κ3) is 2.66. The molecule has 3 aromatic rings. The van der Waals surface area contributed by atoms with E-state index in [1.807, 2.05) is 42.5 Å². The maximum Gasteiger partial charge on any atom is 0.226 e. The van der Waals surface area contributed by atoms with Crippen molar-refractivity contribution in [3.8, 4) is 5.88 Å². The highest BCUT2D eigenvalue weighted by atomic mass is 16.5. The van der Waals surface area contributed by atoms with Crippen LogP contribution in [-0.4, -0.2) is 21.6 Å². The van der Waals surface area contributed by atoms with Gasteiger partial charge >= 0.3 is 0 Å². The average molecular weight is 266 g/mol. The van der Waals surface area contributed by atoms with E-state index in [0.29, 0.717) is 12.5 Å². The third-order valence-corrected chi connectivity index (χ3v) is 2.91. The Morgan fingerprint density at radius 1 is 1.00 bits per heavy atom. The first kappa shape index (κ1) is 12.3. The zero-order valence-corrected chi connectivity index (χ0v) is 10.9. The number of fused-ring (bicyclic) bond motifs is 1. The first-order chi connectivity index (χ1) is 9.83. The van der Waals surface area contributed by atoms with Crippen molar-refractivity contribution < 1.29 is 4.74 Å². The van der Waals surface area contributed by atoms with Gasteiger partial charge in [0.2, 0.25) is 11.8 Å². The number of aromatic nitrogens is 3. The fraction of sp³-hybridized carbons (Fsp3) is 0.133. The number of benzene rings is 1. The molecule has 0 saturated heterocycles. The lowest BCUT2D eigenvalue weighted by atomic mass is 10.2. The van der Waals surface area contributed by atoms with Gasteiger partial charge in [-0.05, 0) is 24.3 Å². The number of pyridine rings is 1. The van der Waals surface area contributed by atoms with Crippen molar-refractivity contribution in [1.29, 1.82) is 0 Å². The molecule has 1 aromatic carbocycles. The molecule has 0 aliphatic heterocycles. The largest absolute Gasteiger partial charge is 0.477 e. The van der Waals surface area contributed by atoms with E-state index in [2.05, 4.69) is 15.0 Å². The van der Waals surface area contributed by atoms with Crippen molar-refractivity contribution in [2.24, 2.45) is 0 Å². The van der Waals surface area contributed by atoms with Crippen LogP contribution in [0.4, 0.5) is 5.95 Å². The van der Waals surface area contributed by atoms with Crippen LogP contribution < -0.4 is 10.5 Å². The van der Waals surface area contributed by atoms with E-state index in [1.54, 1.807) is 6.20 Å². The van der Waals surface area contributed by atoms with Crippen LogP contribution in [-0.2, 0) is 6.42 Å². The molecular weight excluding hydrogens is 252 g/mol. The Labute approximate surface area is 116 Å². The maximum atomic E-state index is 5.73. The monoisotopic (exact) mass is 266 g/mol. The average Bonchev–Trinajstić information content (AvgIpc) is 2.48. The second-order valence-electron chi connectivity index (χ2n) is 4.32. The molecule has 2 heterocycles. The van der Waals surface area contributed by atoms with Crippen LogP contribution in [0.2, 0.25) is 0 Å². The summed E-state index contributed by atoms with van der Waals surface area (Å²) in [5.41, 5.74) is 7.46. The number of para-hydroxylation sites is 1. The molecule has 0 unspecified atom stereocenters. The second kappa shape index (κ2) is 5.52. The standard InChI is InChI=1S/C15H14N4O/c16-15-18-13-7-2-1-6-12(13)14(19-15)20-10-8-11-5-3-4-9-17-11/h1-7,9H,8,10H2,(H2,16,18,19). The molecule has 2 N–H and O–H groups in total. The highest BCUT2D eigenvalue weighted by molar-refractivity contribution is 5.84. The van der Waals surface area contributed by atoms with Gasteiger partial charge in [-0.25, -0.2) is 4.98 Å². The number of hydrogen-bond donors (Lipinski definition) is 1. The first-order valence-electron chi connectivity index (χ1n) is 6.38. The molecule has 5 nitrogen and oxygen atoms in total. The van der Waals surface area contributed by atoms with Gasteiger partial charge in [0.15, 0.2) is 0 Å². The van der Waals surface area contributed by atoms with E-state index in [0.717, 1.165) is 23.0 Å². The van der Waals surface area contributed by atoms with Crippen LogP contribution in [0.15, 0.2) is 48.7 Å². The molecular formula is C15H14N4O. The number of rotatable bonds is 4. The summed E-state index contributed by atoms with van der Waals surface area (Å²) < 4.78 is 5.73. The number of anilines is 1. The lowest BCUT2D eigenvalue weighted by Crippen LogP contribution is -2.06. The third-order valence-electron chi connectivity index (χ3n) is 2.91. The summed E-state index contributed by atoms with van der Waals surface area (Å²) in [5.74, 6) is 0.737. The molecule has 0 fully saturated rings. The molecule has 0 aliphatic carbocycles. The first-order valence-corrected chi connectivity index (χ1v) is 6.38. The van der Waals surface area contributed by atoms with Crippen LogP contribution in [0.1, 0.15) is 5.69 Å². The summed E-state index contributed by atoms with van der Waals surface area (Å²) in [6.07, 6.45) is 2.49. The number of nitrogens with two attached hydrogens (primary N) is 1. The number of hydrogen-bond acceptors (Lipinski definition) is 5. The van der Waals surface area contributed by atoms with Gasteiger partial charge in [0.1, 0.15) is 0 Å². The minimum Gasteiger partial charge on any atom is -0.477 e. The molecule has 0 aliphatic rings. The van der Waals surface area contributed by atoms with Gasteiger partial charge in [0.05, 0.1) is 17.5 Å². The minimum atomic E-state index is 0.219. The molecule has 0 saturated carbocycles. The molecule has 5 heteroatoms. The number of nitrogens with zero attached hydrogens (tertiary/aromatic N) is 3. The van der Waals surface area contributed by atoms with Crippen molar-refractivity contribution in [2.75, 3.05) is 12.3 Å². The molecule has 20 heavy (non-hydrogen) atoms. The van der Waals surface area contributed by atoms with E-state index < -0.39 is 0 Å². The normalized spacial score (nSPS) is 10.6. The Bertz CT molecular complexity index is 715. The Hall–Kier alpha value is -2.69. The van der Waals surface area contributed by atoms with Gasteiger partial charge < -0.3 is 10.5 Å². The van der Waals surface area contributed by atoms with E-state index in [9.17, 15) is 0 Å². The quantitative estimate of drug-likeness (QED) is 0.783. The predicted octanol–water partition coefficient (Wildman–Crippen LogP) is 2.23. The highest BCUT2D eigenvalue weighted by Crippen LogP contribution is 2.22. The fourth-order valence-corrected chi connectivity index (χ4v) is 1.97. The number of ether oxygens (including phenoxy) is 1. The van der Waals surface area contributed by atoms with Crippen molar-refractivity contribution in [2.45, 2.75) is 6.42 Å². The molecule has 2 aromatic heterocycles. The van der Waals surface area contributed by atoms with Gasteiger partial charge in [-0.2, -0.15) is 4.98 Å². The van der Waals surface area contributed by atoms with E-state index >= 15 is 0 Å². The summed E-state index contributed by atoms with van der Waals surface area (Å²) in [4.78, 5) is 12.6. The molecule has 0 bridgehead atoms. The molecule has 0 spiro atoms. The zero-order chi connectivity index (χ0) is 13.8. The lowest BCUT2D eigenvalue weighted by molar-refractivity contribution is 0.312. The van der Waals surface area contributed by atoms with Gasteiger partial charge in [-0.1, -0.05) is 18.2 Å². The summed E-state index contributed by atoms with van der Waals surface area (Å²) in [7, 11) is 0. The minimum absolute atomic E-state index is 0.219. The summed E-state index contributed by atoms with van der Waals surface area (Å²) in [5, 5.41) is 0.864. The summed E-state index contributed by atoms with van der Waals surface area (Å²) in [6.45, 7) is 0.497. The summed E-state index contributed by atoms with van der Waals surface area (Å²) in [6, 6.07) is 13.5. The molecule has 100 valence electrons. The van der Waals surface area contributed by atoms with Crippen LogP contribution >= 0.6 is 0 Å². The molecule has 0 amide bonds. The van der Waals surface area contributed by atoms with Crippen LogP contribution in [0.25, 0.3) is 10.9 Å². The Morgan fingerprint density at radius 3 is 2.70 bits per heavy atom. The van der Waals surface area contributed by atoms with Crippen molar-refractivity contribution >= 4 is 16.9 Å². The highest BCUT2D eigenvalue weighted by Gasteiger charge is 2.06. The predicted molar refractivity (Wildman–Crippen MR) is 77.4 cm³/mol. The lowest BCUT2D eigenvalue weighted by Gasteiger charge is -2.08.